The number of aromatic nitrogens is 1. The molecule has 0 radical (unpaired) electrons. The number of aryl methyl sites for hydroxylation is 1. The molecule has 2 heterocycles. The molecule has 2 aromatic heterocycles. The predicted molar refractivity (Wildman–Crippen MR) is 88.7 cm³/mol. The van der Waals surface area contributed by atoms with Crippen molar-refractivity contribution in [3.63, 3.8) is 0 Å². The predicted octanol–water partition coefficient (Wildman–Crippen LogP) is 4.45. The molecule has 0 bridgehead atoms. The molecule has 0 atom stereocenters. The topological polar surface area (TPSA) is 47.0 Å². The van der Waals surface area contributed by atoms with Crippen molar-refractivity contribution < 1.29 is 9.59 Å². The van der Waals surface area contributed by atoms with E-state index in [1.165, 1.54) is 0 Å². The first-order chi connectivity index (χ1) is 10.6. The zero-order chi connectivity index (χ0) is 15.5. The highest BCUT2D eigenvalue weighted by Crippen LogP contribution is 2.22. The van der Waals surface area contributed by atoms with E-state index >= 15 is 0 Å². The second-order valence-corrected chi connectivity index (χ2v) is 6.14. The van der Waals surface area contributed by atoms with Gasteiger partial charge in [-0.2, -0.15) is 0 Å². The summed E-state index contributed by atoms with van der Waals surface area (Å²) in [7, 11) is 0. The van der Waals surface area contributed by atoms with E-state index in [1.54, 1.807) is 23.6 Å². The Balaban J connectivity index is 1.69. The quantitative estimate of drug-likeness (QED) is 0.654. The average molecular weight is 309 g/mol. The number of carbonyl (C=O) groups is 2. The first-order valence-corrected chi connectivity index (χ1v) is 7.98. The van der Waals surface area contributed by atoms with Crippen molar-refractivity contribution in [1.29, 1.82) is 0 Å². The van der Waals surface area contributed by atoms with Gasteiger partial charge in [0.1, 0.15) is 5.69 Å². The Labute approximate surface area is 132 Å². The molecule has 0 aliphatic carbocycles. The Kier molecular flexibility index (Phi) is 4.11. The van der Waals surface area contributed by atoms with Crippen LogP contribution in [0.2, 0.25) is 0 Å². The minimum Gasteiger partial charge on any atom is -0.294 e. The Morgan fingerprint density at radius 2 is 1.91 bits per heavy atom. The Morgan fingerprint density at radius 3 is 2.73 bits per heavy atom. The van der Waals surface area contributed by atoms with Crippen LogP contribution in [0, 0.1) is 6.92 Å². The highest BCUT2D eigenvalue weighted by molar-refractivity contribution is 7.17. The first kappa shape index (κ1) is 14.6. The third-order valence-corrected chi connectivity index (χ3v) is 4.52. The second-order valence-electron chi connectivity index (χ2n) is 5.19. The Morgan fingerprint density at radius 1 is 1.09 bits per heavy atom. The van der Waals surface area contributed by atoms with Gasteiger partial charge in [-0.05, 0) is 53.6 Å². The van der Waals surface area contributed by atoms with Crippen LogP contribution >= 0.6 is 11.3 Å². The first-order valence-electron chi connectivity index (χ1n) is 7.10. The maximum Gasteiger partial charge on any atom is 0.181 e. The molecular weight excluding hydrogens is 294 g/mol. The third-order valence-electron chi connectivity index (χ3n) is 3.63. The van der Waals surface area contributed by atoms with Gasteiger partial charge in [0.15, 0.2) is 11.6 Å². The van der Waals surface area contributed by atoms with E-state index in [9.17, 15) is 9.59 Å². The SMILES string of the molecule is Cc1cccnc1C(=O)CCC(=O)c1ccc2sccc2c1. The summed E-state index contributed by atoms with van der Waals surface area (Å²) in [5.41, 5.74) is 1.97. The van der Waals surface area contributed by atoms with Crippen molar-refractivity contribution in [3.8, 4) is 0 Å². The molecule has 22 heavy (non-hydrogen) atoms. The molecule has 0 fully saturated rings. The second kappa shape index (κ2) is 6.20. The minimum atomic E-state index is -0.0805. The molecule has 0 N–H and O–H groups in total. The van der Waals surface area contributed by atoms with Crippen molar-refractivity contribution in [2.45, 2.75) is 19.8 Å². The maximum atomic E-state index is 12.3. The van der Waals surface area contributed by atoms with Gasteiger partial charge in [-0.3, -0.25) is 14.6 Å². The lowest BCUT2D eigenvalue weighted by molar-refractivity contribution is 0.0914. The number of fused-ring (bicyclic) bond motifs is 1. The van der Waals surface area contributed by atoms with E-state index in [1.807, 2.05) is 42.6 Å². The number of pyridine rings is 1. The van der Waals surface area contributed by atoms with Crippen LogP contribution in [-0.4, -0.2) is 16.6 Å². The largest absolute Gasteiger partial charge is 0.294 e. The lowest BCUT2D eigenvalue weighted by atomic mass is 10.0. The van der Waals surface area contributed by atoms with E-state index in [0.29, 0.717) is 11.3 Å². The minimum absolute atomic E-state index is 0.00460. The summed E-state index contributed by atoms with van der Waals surface area (Å²) in [4.78, 5) is 28.5. The molecule has 1 aromatic carbocycles. The van der Waals surface area contributed by atoms with Gasteiger partial charge in [-0.15, -0.1) is 11.3 Å². The lowest BCUT2D eigenvalue weighted by Crippen LogP contribution is -2.08. The van der Waals surface area contributed by atoms with Crippen LogP contribution in [0.5, 0.6) is 0 Å². The summed E-state index contributed by atoms with van der Waals surface area (Å²) in [5, 5.41) is 3.08. The number of hydrogen-bond donors (Lipinski definition) is 0. The summed E-state index contributed by atoms with van der Waals surface area (Å²) in [6, 6.07) is 11.3. The van der Waals surface area contributed by atoms with Gasteiger partial charge >= 0.3 is 0 Å². The molecule has 0 saturated carbocycles. The molecule has 4 heteroatoms. The van der Waals surface area contributed by atoms with Crippen LogP contribution in [0.25, 0.3) is 10.1 Å². The number of Topliss-reactive ketones (excluding diaryl/α,β-unsaturated/α-hetero) is 2. The van der Waals surface area contributed by atoms with Crippen LogP contribution < -0.4 is 0 Å². The van der Waals surface area contributed by atoms with Crippen molar-refractivity contribution >= 4 is 33.0 Å². The van der Waals surface area contributed by atoms with E-state index in [2.05, 4.69) is 4.98 Å². The van der Waals surface area contributed by atoms with Gasteiger partial charge in [0.05, 0.1) is 0 Å². The highest BCUT2D eigenvalue weighted by atomic mass is 32.1. The van der Waals surface area contributed by atoms with Crippen LogP contribution in [0.4, 0.5) is 0 Å². The summed E-state index contributed by atoms with van der Waals surface area (Å²) in [5.74, 6) is -0.0851. The van der Waals surface area contributed by atoms with Crippen LogP contribution in [0.3, 0.4) is 0 Å². The fourth-order valence-corrected chi connectivity index (χ4v) is 3.18. The van der Waals surface area contributed by atoms with Crippen LogP contribution in [0.15, 0.2) is 48.0 Å². The van der Waals surface area contributed by atoms with Gasteiger partial charge in [0, 0.05) is 29.3 Å². The monoisotopic (exact) mass is 309 g/mol. The van der Waals surface area contributed by atoms with E-state index in [0.717, 1.165) is 15.6 Å². The molecule has 110 valence electrons. The van der Waals surface area contributed by atoms with Crippen molar-refractivity contribution in [3.05, 3.63) is 64.8 Å². The molecule has 3 aromatic rings. The smallest absolute Gasteiger partial charge is 0.181 e. The van der Waals surface area contributed by atoms with Gasteiger partial charge in [-0.25, -0.2) is 0 Å². The standard InChI is InChI=1S/C18H15NO2S/c1-12-3-2-9-19-18(12)16(21)6-5-15(20)13-4-7-17-14(11-13)8-10-22-17/h2-4,7-11H,5-6H2,1H3. The highest BCUT2D eigenvalue weighted by Gasteiger charge is 2.14. The summed E-state index contributed by atoms with van der Waals surface area (Å²) < 4.78 is 1.16. The molecule has 3 nitrogen and oxygen atoms in total. The molecule has 0 aliphatic heterocycles. The molecule has 0 saturated heterocycles. The Hall–Kier alpha value is -2.33. The molecular formula is C18H15NO2S. The van der Waals surface area contributed by atoms with Gasteiger partial charge in [0.25, 0.3) is 0 Å². The number of nitrogens with zero attached hydrogens (tertiary/aromatic N) is 1. The van der Waals surface area contributed by atoms with Crippen LogP contribution in [0.1, 0.15) is 39.3 Å². The number of hydrogen-bond acceptors (Lipinski definition) is 4. The normalized spacial score (nSPS) is 10.8. The Bertz CT molecular complexity index is 851. The fourth-order valence-electron chi connectivity index (χ4n) is 2.41. The number of benzene rings is 1. The van der Waals surface area contributed by atoms with Gasteiger partial charge < -0.3 is 0 Å². The zero-order valence-electron chi connectivity index (χ0n) is 12.2. The number of carbonyl (C=O) groups excluding carboxylic acids is 2. The number of rotatable bonds is 5. The van der Waals surface area contributed by atoms with E-state index < -0.39 is 0 Å². The van der Waals surface area contributed by atoms with Crippen LogP contribution in [-0.2, 0) is 0 Å². The molecule has 0 spiro atoms. The van der Waals surface area contributed by atoms with E-state index in [-0.39, 0.29) is 24.4 Å². The number of thiophene rings is 1. The maximum absolute atomic E-state index is 12.3. The van der Waals surface area contributed by atoms with Gasteiger partial charge in [0.2, 0.25) is 0 Å². The average Bonchev–Trinajstić information content (AvgIpc) is 3.00. The van der Waals surface area contributed by atoms with Gasteiger partial charge in [-0.1, -0.05) is 6.07 Å². The summed E-state index contributed by atoms with van der Waals surface area (Å²) >= 11 is 1.65. The molecule has 0 unspecified atom stereocenters. The summed E-state index contributed by atoms with van der Waals surface area (Å²) in [6.07, 6.45) is 2.01. The number of ketones is 2. The van der Waals surface area contributed by atoms with Crippen molar-refractivity contribution in [2.24, 2.45) is 0 Å². The molecule has 0 aliphatic rings. The molecule has 0 amide bonds. The lowest BCUT2D eigenvalue weighted by Gasteiger charge is -2.04. The zero-order valence-corrected chi connectivity index (χ0v) is 13.0. The molecule has 3 rings (SSSR count). The summed E-state index contributed by atoms with van der Waals surface area (Å²) in [6.45, 7) is 1.85. The third kappa shape index (κ3) is 2.97. The van der Waals surface area contributed by atoms with E-state index in [4.69, 9.17) is 0 Å². The van der Waals surface area contributed by atoms with Crippen molar-refractivity contribution in [2.75, 3.05) is 0 Å². The fraction of sp³-hybridized carbons (Fsp3) is 0.167. The van der Waals surface area contributed by atoms with Crippen molar-refractivity contribution in [1.82, 2.24) is 4.98 Å².